The third-order valence-corrected chi connectivity index (χ3v) is 7.29. The maximum absolute atomic E-state index is 13.7. The van der Waals surface area contributed by atoms with Crippen molar-refractivity contribution in [1.82, 2.24) is 4.98 Å². The lowest BCUT2D eigenvalue weighted by Gasteiger charge is -2.23. The average Bonchev–Trinajstić information content (AvgIpc) is 3.37. The molecule has 1 aliphatic rings. The molecule has 0 unspecified atom stereocenters. The summed E-state index contributed by atoms with van der Waals surface area (Å²) in [5.41, 5.74) is 2.74. The first-order valence-corrected chi connectivity index (χ1v) is 12.3. The molecule has 0 saturated heterocycles. The number of aromatic nitrogens is 1. The molecular formula is C27H24N2O5S. The molecule has 0 bridgehead atoms. The van der Waals surface area contributed by atoms with Gasteiger partial charge in [-0.3, -0.25) is 14.5 Å². The number of benzene rings is 2. The van der Waals surface area contributed by atoms with Crippen molar-refractivity contribution in [3.05, 3.63) is 91.8 Å². The predicted molar refractivity (Wildman–Crippen MR) is 134 cm³/mol. The molecule has 3 heterocycles. The fraction of sp³-hybridized carbons (Fsp3) is 0.259. The van der Waals surface area contributed by atoms with Gasteiger partial charge in [-0.15, -0.1) is 0 Å². The Kier molecular flexibility index (Phi) is 5.76. The number of nitrogens with zero attached hydrogens (tertiary/aromatic N) is 2. The van der Waals surface area contributed by atoms with Crippen molar-refractivity contribution in [3.8, 4) is 0 Å². The van der Waals surface area contributed by atoms with Gasteiger partial charge < -0.3 is 9.15 Å². The zero-order valence-electron chi connectivity index (χ0n) is 19.8. The van der Waals surface area contributed by atoms with Crippen LogP contribution in [-0.2, 0) is 4.74 Å². The summed E-state index contributed by atoms with van der Waals surface area (Å²) in [6.45, 7) is 7.87. The van der Waals surface area contributed by atoms with Gasteiger partial charge >= 0.3 is 5.97 Å². The van der Waals surface area contributed by atoms with Crippen LogP contribution in [0.3, 0.4) is 0 Å². The summed E-state index contributed by atoms with van der Waals surface area (Å²) in [7, 11) is 0. The Morgan fingerprint density at radius 3 is 2.54 bits per heavy atom. The van der Waals surface area contributed by atoms with Crippen molar-refractivity contribution in [2.75, 3.05) is 11.5 Å². The van der Waals surface area contributed by atoms with Crippen LogP contribution in [-0.4, -0.2) is 23.5 Å². The quantitative estimate of drug-likeness (QED) is 0.339. The third-order valence-electron chi connectivity index (χ3n) is 6.15. The maximum atomic E-state index is 13.7. The molecule has 1 aliphatic heterocycles. The lowest BCUT2D eigenvalue weighted by Crippen LogP contribution is -2.29. The van der Waals surface area contributed by atoms with Crippen LogP contribution in [0, 0.1) is 6.92 Å². The number of hydrogen-bond acceptors (Lipinski definition) is 7. The van der Waals surface area contributed by atoms with Gasteiger partial charge in [0.05, 0.1) is 29.3 Å². The highest BCUT2D eigenvalue weighted by molar-refractivity contribution is 7.17. The maximum Gasteiger partial charge on any atom is 0.350 e. The summed E-state index contributed by atoms with van der Waals surface area (Å²) in [6, 6.07) is 14.0. The second kappa shape index (κ2) is 8.78. The second-order valence-corrected chi connectivity index (χ2v) is 9.68. The smallest absolute Gasteiger partial charge is 0.350 e. The first-order valence-electron chi connectivity index (χ1n) is 11.5. The summed E-state index contributed by atoms with van der Waals surface area (Å²) < 4.78 is 11.1. The average molecular weight is 489 g/mol. The van der Waals surface area contributed by atoms with E-state index < -0.39 is 17.9 Å². The van der Waals surface area contributed by atoms with Crippen LogP contribution in [0.2, 0.25) is 0 Å². The van der Waals surface area contributed by atoms with Crippen LogP contribution in [0.5, 0.6) is 0 Å². The van der Waals surface area contributed by atoms with Gasteiger partial charge in [-0.25, -0.2) is 9.78 Å². The van der Waals surface area contributed by atoms with Gasteiger partial charge in [0.1, 0.15) is 10.5 Å². The fourth-order valence-electron chi connectivity index (χ4n) is 4.37. The van der Waals surface area contributed by atoms with Gasteiger partial charge in [0, 0.05) is 0 Å². The molecule has 8 heteroatoms. The number of para-hydroxylation sites is 1. The lowest BCUT2D eigenvalue weighted by atomic mass is 9.95. The Labute approximate surface area is 206 Å². The van der Waals surface area contributed by atoms with E-state index in [1.54, 1.807) is 38.1 Å². The van der Waals surface area contributed by atoms with Crippen LogP contribution in [0.4, 0.5) is 5.13 Å². The molecule has 35 heavy (non-hydrogen) atoms. The standard InChI is InChI=1S/C27H24N2O5S/c1-5-33-26(32)24-15(4)28-27(35-24)29-21(17-12-10-16(11-13-17)14(2)3)20-22(30)18-8-6-7-9-19(18)34-23(20)25(29)31/h6-14,21H,5H2,1-4H3/t21-/m0/s1. The number of aryl methyl sites for hydroxylation is 1. The second-order valence-electron chi connectivity index (χ2n) is 8.70. The highest BCUT2D eigenvalue weighted by Gasteiger charge is 2.45. The van der Waals surface area contributed by atoms with Gasteiger partial charge in [0.15, 0.2) is 10.6 Å². The molecule has 0 fully saturated rings. The molecule has 2 aromatic heterocycles. The number of carbonyl (C=O) groups is 2. The number of anilines is 1. The number of carbonyl (C=O) groups excluding carboxylic acids is 2. The Morgan fingerprint density at radius 2 is 1.86 bits per heavy atom. The highest BCUT2D eigenvalue weighted by Crippen LogP contribution is 2.43. The minimum Gasteiger partial charge on any atom is -0.462 e. The van der Waals surface area contributed by atoms with Gasteiger partial charge in [0.25, 0.3) is 5.91 Å². The predicted octanol–water partition coefficient (Wildman–Crippen LogP) is 5.61. The van der Waals surface area contributed by atoms with E-state index in [0.29, 0.717) is 32.6 Å². The molecule has 178 valence electrons. The zero-order valence-corrected chi connectivity index (χ0v) is 20.6. The topological polar surface area (TPSA) is 89.7 Å². The summed E-state index contributed by atoms with van der Waals surface area (Å²) >= 11 is 1.07. The Morgan fingerprint density at radius 1 is 1.14 bits per heavy atom. The van der Waals surface area contributed by atoms with E-state index in [0.717, 1.165) is 22.5 Å². The fourth-order valence-corrected chi connectivity index (χ4v) is 5.35. The van der Waals surface area contributed by atoms with E-state index in [1.807, 2.05) is 24.3 Å². The van der Waals surface area contributed by atoms with Crippen molar-refractivity contribution >= 4 is 39.3 Å². The first-order chi connectivity index (χ1) is 16.8. The zero-order chi connectivity index (χ0) is 24.9. The number of hydrogen-bond donors (Lipinski definition) is 0. The molecule has 1 amide bonds. The van der Waals surface area contributed by atoms with E-state index in [1.165, 1.54) is 4.90 Å². The summed E-state index contributed by atoms with van der Waals surface area (Å²) in [6.07, 6.45) is 0. The molecular weight excluding hydrogens is 464 g/mol. The van der Waals surface area contributed by atoms with Gasteiger partial charge in [-0.2, -0.15) is 0 Å². The third kappa shape index (κ3) is 3.74. The van der Waals surface area contributed by atoms with Crippen molar-refractivity contribution in [1.29, 1.82) is 0 Å². The molecule has 0 spiro atoms. The largest absolute Gasteiger partial charge is 0.462 e. The Balaban J connectivity index is 1.73. The number of rotatable bonds is 5. The number of esters is 1. The van der Waals surface area contributed by atoms with E-state index in [9.17, 15) is 14.4 Å². The minimum atomic E-state index is -0.736. The van der Waals surface area contributed by atoms with E-state index >= 15 is 0 Å². The Hall–Kier alpha value is -3.78. The van der Waals surface area contributed by atoms with Crippen LogP contribution in [0.25, 0.3) is 11.0 Å². The molecule has 4 aromatic rings. The van der Waals surface area contributed by atoms with E-state index in [-0.39, 0.29) is 23.4 Å². The van der Waals surface area contributed by atoms with Crippen molar-refractivity contribution in [2.24, 2.45) is 0 Å². The van der Waals surface area contributed by atoms with Crippen LogP contribution in [0.1, 0.15) is 75.3 Å². The van der Waals surface area contributed by atoms with Crippen LogP contribution >= 0.6 is 11.3 Å². The number of thiazole rings is 1. The molecule has 0 N–H and O–H groups in total. The van der Waals surface area contributed by atoms with Crippen LogP contribution in [0.15, 0.2) is 57.7 Å². The number of ether oxygens (including phenoxy) is 1. The van der Waals surface area contributed by atoms with Crippen LogP contribution < -0.4 is 10.3 Å². The molecule has 0 saturated carbocycles. The number of fused-ring (bicyclic) bond motifs is 2. The molecule has 2 aromatic carbocycles. The molecule has 5 rings (SSSR count). The molecule has 7 nitrogen and oxygen atoms in total. The number of amides is 1. The SMILES string of the molecule is CCOC(=O)c1sc(N2C(=O)c3oc4ccccc4c(=O)c3[C@@H]2c2ccc(C(C)C)cc2)nc1C. The van der Waals surface area contributed by atoms with Gasteiger partial charge in [-0.1, -0.05) is 61.6 Å². The van der Waals surface area contributed by atoms with Crippen molar-refractivity contribution in [3.63, 3.8) is 0 Å². The van der Waals surface area contributed by atoms with Crippen molar-refractivity contribution in [2.45, 2.75) is 39.7 Å². The molecule has 0 aliphatic carbocycles. The minimum absolute atomic E-state index is 0.00262. The van der Waals surface area contributed by atoms with E-state index in [4.69, 9.17) is 9.15 Å². The van der Waals surface area contributed by atoms with Gasteiger partial charge in [0.2, 0.25) is 5.76 Å². The van der Waals surface area contributed by atoms with Crippen molar-refractivity contribution < 1.29 is 18.7 Å². The molecule has 0 radical (unpaired) electrons. The highest BCUT2D eigenvalue weighted by atomic mass is 32.1. The normalized spacial score (nSPS) is 15.2. The monoisotopic (exact) mass is 488 g/mol. The molecule has 1 atom stereocenters. The van der Waals surface area contributed by atoms with Gasteiger partial charge in [-0.05, 0) is 43.0 Å². The lowest BCUT2D eigenvalue weighted by molar-refractivity contribution is 0.0531. The Bertz CT molecular complexity index is 1520. The summed E-state index contributed by atoms with van der Waals surface area (Å²) in [4.78, 5) is 46.1. The summed E-state index contributed by atoms with van der Waals surface area (Å²) in [5, 5.41) is 0.718. The summed E-state index contributed by atoms with van der Waals surface area (Å²) in [5.74, 6) is -0.627. The first kappa shape index (κ1) is 23.0. The van der Waals surface area contributed by atoms with E-state index in [2.05, 4.69) is 18.8 Å².